The zero-order chi connectivity index (χ0) is 24.1. The van der Waals surface area contributed by atoms with Crippen molar-refractivity contribution in [2.75, 3.05) is 32.8 Å². The maximum atomic E-state index is 12.5. The van der Waals surface area contributed by atoms with Crippen LogP contribution >= 0.6 is 0 Å². The van der Waals surface area contributed by atoms with Crippen LogP contribution in [-0.4, -0.2) is 78.1 Å². The van der Waals surface area contributed by atoms with E-state index in [0.29, 0.717) is 12.8 Å². The average molecular weight is 469 g/mol. The molecule has 2 unspecified atom stereocenters. The summed E-state index contributed by atoms with van der Waals surface area (Å²) >= 11 is 0. The molecule has 2 aliphatic rings. The van der Waals surface area contributed by atoms with Gasteiger partial charge in [-0.1, -0.05) is 48.5 Å². The summed E-state index contributed by atoms with van der Waals surface area (Å²) in [6.07, 6.45) is -0.777. The van der Waals surface area contributed by atoms with Gasteiger partial charge in [-0.25, -0.2) is 4.79 Å². The standard InChI is InChI=1S/C25H28N2O7/c28-12-11-27(14-23(29)30)24(31)22-10-9-16(34-22)13-26-25(32)33-15-21-19-7-3-1-5-17(19)18-6-2-4-8-20(18)21/h1-8,16,21-22,28H,9-15H2,(H,26,32)(H,29,30). The molecule has 0 radical (unpaired) electrons. The largest absolute Gasteiger partial charge is 0.480 e. The van der Waals surface area contributed by atoms with E-state index in [4.69, 9.17) is 19.7 Å². The normalized spacial score (nSPS) is 18.7. The minimum absolute atomic E-state index is 0.0328. The first-order chi connectivity index (χ1) is 16.5. The van der Waals surface area contributed by atoms with Gasteiger partial charge in [-0.05, 0) is 35.1 Å². The molecule has 2 amide bonds. The van der Waals surface area contributed by atoms with E-state index >= 15 is 0 Å². The molecule has 180 valence electrons. The quantitative estimate of drug-likeness (QED) is 0.514. The van der Waals surface area contributed by atoms with Gasteiger partial charge < -0.3 is 29.9 Å². The van der Waals surface area contributed by atoms with Crippen molar-refractivity contribution in [2.45, 2.75) is 31.0 Å². The van der Waals surface area contributed by atoms with Gasteiger partial charge >= 0.3 is 12.1 Å². The Morgan fingerprint density at radius 3 is 2.29 bits per heavy atom. The van der Waals surface area contributed by atoms with Crippen LogP contribution in [0.15, 0.2) is 48.5 Å². The summed E-state index contributed by atoms with van der Waals surface area (Å²) in [5, 5.41) is 20.7. The number of carbonyl (C=O) groups excluding carboxylic acids is 2. The zero-order valence-corrected chi connectivity index (χ0v) is 18.7. The predicted molar refractivity (Wildman–Crippen MR) is 122 cm³/mol. The predicted octanol–water partition coefficient (Wildman–Crippen LogP) is 1.98. The Morgan fingerprint density at radius 1 is 1.03 bits per heavy atom. The smallest absolute Gasteiger partial charge is 0.407 e. The van der Waals surface area contributed by atoms with Crippen LogP contribution in [-0.2, 0) is 19.1 Å². The number of alkyl carbamates (subject to hydrolysis) is 1. The second-order valence-electron chi connectivity index (χ2n) is 8.41. The van der Waals surface area contributed by atoms with Gasteiger partial charge in [-0.2, -0.15) is 0 Å². The number of hydrogen-bond donors (Lipinski definition) is 3. The number of carbonyl (C=O) groups is 3. The highest BCUT2D eigenvalue weighted by Crippen LogP contribution is 2.44. The number of nitrogens with zero attached hydrogens (tertiary/aromatic N) is 1. The number of carboxylic acids is 1. The van der Waals surface area contributed by atoms with E-state index in [0.717, 1.165) is 27.2 Å². The van der Waals surface area contributed by atoms with Crippen LogP contribution in [0, 0.1) is 0 Å². The number of carboxylic acid groups (broad SMARTS) is 1. The van der Waals surface area contributed by atoms with Crippen molar-refractivity contribution in [3.8, 4) is 11.1 Å². The number of amides is 2. The van der Waals surface area contributed by atoms with Crippen molar-refractivity contribution >= 4 is 18.0 Å². The van der Waals surface area contributed by atoms with E-state index < -0.39 is 30.6 Å². The molecular formula is C25H28N2O7. The minimum Gasteiger partial charge on any atom is -0.480 e. The lowest BCUT2D eigenvalue weighted by atomic mass is 9.98. The molecule has 4 rings (SSSR count). The number of nitrogens with one attached hydrogen (secondary N) is 1. The molecule has 1 saturated heterocycles. The maximum Gasteiger partial charge on any atom is 0.407 e. The Kier molecular flexibility index (Phi) is 7.44. The first-order valence-electron chi connectivity index (χ1n) is 11.3. The summed E-state index contributed by atoms with van der Waals surface area (Å²) in [6.45, 7) is -0.523. The monoisotopic (exact) mass is 468 g/mol. The third kappa shape index (κ3) is 5.21. The molecule has 2 atom stereocenters. The highest BCUT2D eigenvalue weighted by Gasteiger charge is 2.34. The lowest BCUT2D eigenvalue weighted by Crippen LogP contribution is -2.44. The molecule has 1 fully saturated rings. The molecule has 2 aromatic rings. The summed E-state index contributed by atoms with van der Waals surface area (Å²) in [7, 11) is 0. The van der Waals surface area contributed by atoms with Crippen molar-refractivity contribution < 1.29 is 34.1 Å². The minimum atomic E-state index is -1.16. The van der Waals surface area contributed by atoms with Gasteiger partial charge in [0, 0.05) is 19.0 Å². The molecule has 0 saturated carbocycles. The lowest BCUT2D eigenvalue weighted by molar-refractivity contribution is -0.150. The highest BCUT2D eigenvalue weighted by atomic mass is 16.6. The Labute approximate surface area is 197 Å². The third-order valence-corrected chi connectivity index (χ3v) is 6.21. The molecule has 0 spiro atoms. The van der Waals surface area contributed by atoms with E-state index in [1.165, 1.54) is 0 Å². The Balaban J connectivity index is 1.26. The van der Waals surface area contributed by atoms with Crippen LogP contribution < -0.4 is 5.32 Å². The molecule has 9 nitrogen and oxygen atoms in total. The van der Waals surface area contributed by atoms with Gasteiger partial charge in [0.15, 0.2) is 0 Å². The van der Waals surface area contributed by atoms with E-state index in [-0.39, 0.29) is 38.3 Å². The number of fused-ring (bicyclic) bond motifs is 3. The fourth-order valence-electron chi connectivity index (χ4n) is 4.64. The number of ether oxygens (including phenoxy) is 2. The van der Waals surface area contributed by atoms with Gasteiger partial charge in [-0.15, -0.1) is 0 Å². The third-order valence-electron chi connectivity index (χ3n) is 6.21. The van der Waals surface area contributed by atoms with Crippen LogP contribution in [0.4, 0.5) is 4.79 Å². The van der Waals surface area contributed by atoms with Gasteiger partial charge in [-0.3, -0.25) is 9.59 Å². The second-order valence-corrected chi connectivity index (χ2v) is 8.41. The molecule has 0 bridgehead atoms. The first-order valence-corrected chi connectivity index (χ1v) is 11.3. The number of aliphatic hydroxyl groups excluding tert-OH is 1. The van der Waals surface area contributed by atoms with E-state index in [1.54, 1.807) is 0 Å². The highest BCUT2D eigenvalue weighted by molar-refractivity contribution is 5.85. The SMILES string of the molecule is O=C(O)CN(CCO)C(=O)C1CCC(CNC(=O)OCC2c3ccccc3-c3ccccc32)O1. The van der Waals surface area contributed by atoms with Crippen LogP contribution in [0.25, 0.3) is 11.1 Å². The molecule has 0 aromatic heterocycles. The van der Waals surface area contributed by atoms with Gasteiger partial charge in [0.1, 0.15) is 19.3 Å². The number of rotatable bonds is 9. The summed E-state index contributed by atoms with van der Waals surface area (Å²) in [5.74, 6) is -1.66. The van der Waals surface area contributed by atoms with E-state index in [2.05, 4.69) is 29.6 Å². The summed E-state index contributed by atoms with van der Waals surface area (Å²) < 4.78 is 11.2. The Hall–Kier alpha value is -3.43. The Morgan fingerprint density at radius 2 is 1.68 bits per heavy atom. The molecule has 2 aromatic carbocycles. The molecule has 3 N–H and O–H groups in total. The lowest BCUT2D eigenvalue weighted by Gasteiger charge is -2.23. The van der Waals surface area contributed by atoms with E-state index in [1.807, 2.05) is 24.3 Å². The zero-order valence-electron chi connectivity index (χ0n) is 18.7. The van der Waals surface area contributed by atoms with Gasteiger partial charge in [0.25, 0.3) is 5.91 Å². The number of hydrogen-bond acceptors (Lipinski definition) is 6. The Bertz CT molecular complexity index is 1010. The summed E-state index contributed by atoms with van der Waals surface area (Å²) in [5.41, 5.74) is 4.57. The van der Waals surface area contributed by atoms with Crippen LogP contribution in [0.1, 0.15) is 29.9 Å². The molecule has 9 heteroatoms. The molecule has 34 heavy (non-hydrogen) atoms. The van der Waals surface area contributed by atoms with Gasteiger partial charge in [0.2, 0.25) is 0 Å². The number of aliphatic carboxylic acids is 1. The van der Waals surface area contributed by atoms with Crippen molar-refractivity contribution in [2.24, 2.45) is 0 Å². The van der Waals surface area contributed by atoms with Crippen LogP contribution in [0.2, 0.25) is 0 Å². The summed E-state index contributed by atoms with van der Waals surface area (Å²) in [4.78, 5) is 36.9. The number of benzene rings is 2. The number of aliphatic hydroxyl groups is 1. The van der Waals surface area contributed by atoms with Crippen molar-refractivity contribution in [3.63, 3.8) is 0 Å². The average Bonchev–Trinajstić information content (AvgIpc) is 3.43. The first kappa shape index (κ1) is 23.7. The van der Waals surface area contributed by atoms with Crippen molar-refractivity contribution in [3.05, 3.63) is 59.7 Å². The molecular weight excluding hydrogens is 440 g/mol. The second kappa shape index (κ2) is 10.7. The molecule has 1 aliphatic carbocycles. The van der Waals surface area contributed by atoms with Crippen molar-refractivity contribution in [1.29, 1.82) is 0 Å². The topological polar surface area (TPSA) is 125 Å². The fourth-order valence-corrected chi connectivity index (χ4v) is 4.64. The summed E-state index contributed by atoms with van der Waals surface area (Å²) in [6, 6.07) is 16.2. The molecule has 1 aliphatic heterocycles. The van der Waals surface area contributed by atoms with Crippen LogP contribution in [0.3, 0.4) is 0 Å². The molecule has 1 heterocycles. The fraction of sp³-hybridized carbons (Fsp3) is 0.400. The maximum absolute atomic E-state index is 12.5. The van der Waals surface area contributed by atoms with E-state index in [9.17, 15) is 14.4 Å². The van der Waals surface area contributed by atoms with Gasteiger partial charge in [0.05, 0.1) is 12.7 Å². The van der Waals surface area contributed by atoms with Crippen LogP contribution in [0.5, 0.6) is 0 Å². The van der Waals surface area contributed by atoms with Crippen molar-refractivity contribution in [1.82, 2.24) is 10.2 Å².